The maximum absolute atomic E-state index is 12.1. The summed E-state index contributed by atoms with van der Waals surface area (Å²) in [4.78, 5) is 16.4. The lowest BCUT2D eigenvalue weighted by molar-refractivity contribution is 0.931. The number of aromatic amines is 1. The predicted octanol–water partition coefficient (Wildman–Crippen LogP) is 1.54. The highest BCUT2D eigenvalue weighted by Gasteiger charge is 2.15. The monoisotopic (exact) mass is 291 g/mol. The highest BCUT2D eigenvalue weighted by Crippen LogP contribution is 2.13. The van der Waals surface area contributed by atoms with E-state index in [4.69, 9.17) is 5.84 Å². The van der Waals surface area contributed by atoms with E-state index in [-0.39, 0.29) is 5.69 Å². The van der Waals surface area contributed by atoms with Gasteiger partial charge < -0.3 is 5.84 Å². The minimum Gasteiger partial charge on any atom is -0.323 e. The molecule has 0 atom stereocenters. The molecule has 1 heterocycles. The second-order valence-corrected chi connectivity index (χ2v) is 4.55. The van der Waals surface area contributed by atoms with Gasteiger partial charge in [-0.05, 0) is 0 Å². The molecule has 0 bridgehead atoms. The largest absolute Gasteiger partial charge is 0.323 e. The lowest BCUT2D eigenvalue weighted by Crippen LogP contribution is -2.24. The van der Waals surface area contributed by atoms with Gasteiger partial charge in [-0.2, -0.15) is 10.2 Å². The molecule has 0 fully saturated rings. The van der Waals surface area contributed by atoms with Gasteiger partial charge in [0.15, 0.2) is 11.5 Å². The molecule has 0 saturated heterocycles. The van der Waals surface area contributed by atoms with Crippen LogP contribution in [0, 0.1) is 0 Å². The van der Waals surface area contributed by atoms with E-state index in [0.29, 0.717) is 17.1 Å². The highest BCUT2D eigenvalue weighted by molar-refractivity contribution is 6.11. The summed E-state index contributed by atoms with van der Waals surface area (Å²) in [5, 5.41) is 10.2. The standard InChI is InChI=1S/C16H13N5O/c17-19-13(11-7-3-1-4-8-11)14-16(22)21-20-15(18-14)12-9-5-2-6-10-12/h1-10H,17H2,(H,21,22)/b19-13+. The predicted molar refractivity (Wildman–Crippen MR) is 84.4 cm³/mol. The van der Waals surface area contributed by atoms with E-state index in [2.05, 4.69) is 20.3 Å². The molecule has 0 aliphatic heterocycles. The van der Waals surface area contributed by atoms with Crippen LogP contribution in [0.25, 0.3) is 11.4 Å². The fraction of sp³-hybridized carbons (Fsp3) is 0. The van der Waals surface area contributed by atoms with Gasteiger partial charge in [0.25, 0.3) is 5.56 Å². The Morgan fingerprint density at radius 3 is 2.27 bits per heavy atom. The van der Waals surface area contributed by atoms with E-state index in [1.807, 2.05) is 60.7 Å². The minimum atomic E-state index is -0.437. The van der Waals surface area contributed by atoms with Crippen LogP contribution in [0.15, 0.2) is 70.6 Å². The van der Waals surface area contributed by atoms with Crippen molar-refractivity contribution in [3.63, 3.8) is 0 Å². The maximum Gasteiger partial charge on any atom is 0.292 e. The smallest absolute Gasteiger partial charge is 0.292 e. The average molecular weight is 291 g/mol. The first-order valence-electron chi connectivity index (χ1n) is 6.65. The molecule has 0 radical (unpaired) electrons. The molecule has 0 unspecified atom stereocenters. The molecule has 2 aromatic carbocycles. The number of benzene rings is 2. The van der Waals surface area contributed by atoms with Gasteiger partial charge in [-0.3, -0.25) is 4.79 Å². The Morgan fingerprint density at radius 2 is 1.64 bits per heavy atom. The topological polar surface area (TPSA) is 97.0 Å². The SMILES string of the molecule is N/N=C(\c1ccccc1)c1nc(-c2ccccc2)n[nH]c1=O. The van der Waals surface area contributed by atoms with Crippen LogP contribution in [0.1, 0.15) is 11.3 Å². The van der Waals surface area contributed by atoms with Gasteiger partial charge in [0, 0.05) is 11.1 Å². The van der Waals surface area contributed by atoms with E-state index in [1.165, 1.54) is 0 Å². The van der Waals surface area contributed by atoms with Crippen LogP contribution in [0.4, 0.5) is 0 Å². The molecule has 6 heteroatoms. The van der Waals surface area contributed by atoms with Crippen molar-refractivity contribution in [3.05, 3.63) is 82.3 Å². The van der Waals surface area contributed by atoms with Crippen LogP contribution in [0.3, 0.4) is 0 Å². The van der Waals surface area contributed by atoms with Gasteiger partial charge in [0.1, 0.15) is 5.71 Å². The van der Waals surface area contributed by atoms with Gasteiger partial charge in [-0.15, -0.1) is 0 Å². The minimum absolute atomic E-state index is 0.141. The van der Waals surface area contributed by atoms with Crippen LogP contribution in [-0.2, 0) is 0 Å². The Bertz CT molecular complexity index is 856. The summed E-state index contributed by atoms with van der Waals surface area (Å²) in [6.45, 7) is 0. The lowest BCUT2D eigenvalue weighted by atomic mass is 10.1. The van der Waals surface area contributed by atoms with Gasteiger partial charge >= 0.3 is 0 Å². The van der Waals surface area contributed by atoms with Crippen molar-refractivity contribution in [2.24, 2.45) is 10.9 Å². The number of nitrogens with two attached hydrogens (primary N) is 1. The third-order valence-electron chi connectivity index (χ3n) is 3.13. The quantitative estimate of drug-likeness (QED) is 0.434. The third-order valence-corrected chi connectivity index (χ3v) is 3.13. The zero-order chi connectivity index (χ0) is 15.4. The molecular formula is C16H13N5O. The molecule has 0 aliphatic carbocycles. The maximum atomic E-state index is 12.1. The van der Waals surface area contributed by atoms with Crippen LogP contribution in [-0.4, -0.2) is 20.9 Å². The molecule has 6 nitrogen and oxygen atoms in total. The third kappa shape index (κ3) is 2.62. The van der Waals surface area contributed by atoms with Crippen molar-refractivity contribution in [1.29, 1.82) is 0 Å². The molecule has 0 aliphatic rings. The summed E-state index contributed by atoms with van der Waals surface area (Å²) < 4.78 is 0. The number of hydrogen-bond donors (Lipinski definition) is 2. The first kappa shape index (κ1) is 13.7. The van der Waals surface area contributed by atoms with Crippen LogP contribution in [0.5, 0.6) is 0 Å². The summed E-state index contributed by atoms with van der Waals surface area (Å²) >= 11 is 0. The molecule has 108 valence electrons. The summed E-state index contributed by atoms with van der Waals surface area (Å²) in [5.74, 6) is 5.88. The Kier molecular flexibility index (Phi) is 3.74. The first-order valence-corrected chi connectivity index (χ1v) is 6.65. The van der Waals surface area contributed by atoms with Crippen molar-refractivity contribution < 1.29 is 0 Å². The van der Waals surface area contributed by atoms with E-state index >= 15 is 0 Å². The Balaban J connectivity index is 2.13. The number of aromatic nitrogens is 3. The van der Waals surface area contributed by atoms with E-state index in [9.17, 15) is 4.79 Å². The molecule has 0 spiro atoms. The molecule has 3 N–H and O–H groups in total. The fourth-order valence-electron chi connectivity index (χ4n) is 2.08. The number of hydrogen-bond acceptors (Lipinski definition) is 5. The molecule has 0 amide bonds. The van der Waals surface area contributed by atoms with Crippen molar-refractivity contribution in [2.75, 3.05) is 0 Å². The summed E-state index contributed by atoms with van der Waals surface area (Å²) in [5.41, 5.74) is 1.54. The molecule has 3 rings (SSSR count). The second kappa shape index (κ2) is 6.01. The number of hydrazone groups is 1. The normalized spacial score (nSPS) is 11.4. The van der Waals surface area contributed by atoms with Crippen LogP contribution in [0.2, 0.25) is 0 Å². The lowest BCUT2D eigenvalue weighted by Gasteiger charge is -2.05. The number of nitrogens with zero attached hydrogens (tertiary/aromatic N) is 3. The zero-order valence-corrected chi connectivity index (χ0v) is 11.6. The molecule has 3 aromatic rings. The van der Waals surface area contributed by atoms with Crippen LogP contribution < -0.4 is 11.4 Å². The van der Waals surface area contributed by atoms with Crippen molar-refractivity contribution >= 4 is 5.71 Å². The summed E-state index contributed by atoms with van der Waals surface area (Å²) in [7, 11) is 0. The van der Waals surface area contributed by atoms with Gasteiger partial charge in [-0.25, -0.2) is 10.1 Å². The molecule has 22 heavy (non-hydrogen) atoms. The van der Waals surface area contributed by atoms with Gasteiger partial charge in [-0.1, -0.05) is 60.7 Å². The zero-order valence-electron chi connectivity index (χ0n) is 11.6. The van der Waals surface area contributed by atoms with E-state index < -0.39 is 5.56 Å². The number of nitrogens with one attached hydrogen (secondary N) is 1. The molecule has 0 saturated carbocycles. The average Bonchev–Trinajstić information content (AvgIpc) is 2.59. The summed E-state index contributed by atoms with van der Waals surface area (Å²) in [6, 6.07) is 18.5. The first-order chi connectivity index (χ1) is 10.8. The highest BCUT2D eigenvalue weighted by atomic mass is 16.1. The fourth-order valence-corrected chi connectivity index (χ4v) is 2.08. The number of H-pyrrole nitrogens is 1. The molecule has 1 aromatic heterocycles. The number of rotatable bonds is 3. The molecular weight excluding hydrogens is 278 g/mol. The van der Waals surface area contributed by atoms with E-state index in [0.717, 1.165) is 5.56 Å². The van der Waals surface area contributed by atoms with Crippen molar-refractivity contribution in [1.82, 2.24) is 15.2 Å². The Morgan fingerprint density at radius 1 is 1.00 bits per heavy atom. The second-order valence-electron chi connectivity index (χ2n) is 4.55. The Hall–Kier alpha value is -3.28. The Labute approximate surface area is 126 Å². The van der Waals surface area contributed by atoms with E-state index in [1.54, 1.807) is 0 Å². The van der Waals surface area contributed by atoms with Crippen LogP contribution >= 0.6 is 0 Å². The van der Waals surface area contributed by atoms with Crippen molar-refractivity contribution in [3.8, 4) is 11.4 Å². The van der Waals surface area contributed by atoms with Gasteiger partial charge in [0.05, 0.1) is 0 Å². The summed E-state index contributed by atoms with van der Waals surface area (Å²) in [6.07, 6.45) is 0. The van der Waals surface area contributed by atoms with Gasteiger partial charge in [0.2, 0.25) is 0 Å². The van der Waals surface area contributed by atoms with Crippen molar-refractivity contribution in [2.45, 2.75) is 0 Å².